The predicted octanol–water partition coefficient (Wildman–Crippen LogP) is 2.03. The Hall–Kier alpha value is -0.960. The van der Waals surface area contributed by atoms with Crippen LogP contribution < -0.4 is 5.73 Å². The van der Waals surface area contributed by atoms with Gasteiger partial charge in [0.15, 0.2) is 0 Å². The zero-order chi connectivity index (χ0) is 9.42. The maximum Gasteiger partial charge on any atom is 0.126 e. The van der Waals surface area contributed by atoms with Gasteiger partial charge in [-0.3, -0.25) is 0 Å². The summed E-state index contributed by atoms with van der Waals surface area (Å²) >= 11 is 0. The molecule has 0 spiro atoms. The lowest BCUT2D eigenvalue weighted by Crippen LogP contribution is -2.02. The first-order valence-electron chi connectivity index (χ1n) is 4.37. The molecular formula is C10H11F2N. The summed E-state index contributed by atoms with van der Waals surface area (Å²) in [5.41, 5.74) is 5.92. The molecule has 1 aliphatic rings. The molecule has 1 saturated carbocycles. The minimum absolute atomic E-state index is 0.140. The van der Waals surface area contributed by atoms with Gasteiger partial charge in [-0.1, -0.05) is 0 Å². The van der Waals surface area contributed by atoms with Crippen LogP contribution in [0.4, 0.5) is 8.78 Å². The van der Waals surface area contributed by atoms with Crippen molar-refractivity contribution in [3.05, 3.63) is 35.4 Å². The molecule has 0 unspecified atom stereocenters. The summed E-state index contributed by atoms with van der Waals surface area (Å²) in [6.07, 6.45) is 0.886. The molecule has 0 radical (unpaired) electrons. The van der Waals surface area contributed by atoms with Crippen LogP contribution in [0.3, 0.4) is 0 Å². The van der Waals surface area contributed by atoms with Gasteiger partial charge in [0.2, 0.25) is 0 Å². The topological polar surface area (TPSA) is 26.0 Å². The summed E-state index contributed by atoms with van der Waals surface area (Å²) in [5, 5.41) is 0. The van der Waals surface area contributed by atoms with Gasteiger partial charge in [-0.25, -0.2) is 8.78 Å². The van der Waals surface area contributed by atoms with Crippen molar-refractivity contribution < 1.29 is 8.78 Å². The van der Waals surface area contributed by atoms with Crippen molar-refractivity contribution in [2.75, 3.05) is 6.54 Å². The molecule has 0 aromatic heterocycles. The molecule has 0 aliphatic heterocycles. The average Bonchev–Trinajstić information content (AvgIpc) is 2.88. The van der Waals surface area contributed by atoms with Crippen LogP contribution in [0.15, 0.2) is 18.2 Å². The summed E-state index contributed by atoms with van der Waals surface area (Å²) < 4.78 is 25.9. The largest absolute Gasteiger partial charge is 0.330 e. The van der Waals surface area contributed by atoms with E-state index >= 15 is 0 Å². The molecule has 3 heteroatoms. The van der Waals surface area contributed by atoms with E-state index in [4.69, 9.17) is 5.73 Å². The molecule has 2 N–H and O–H groups in total. The lowest BCUT2D eigenvalue weighted by molar-refractivity contribution is 0.582. The second-order valence-corrected chi connectivity index (χ2v) is 3.50. The van der Waals surface area contributed by atoms with E-state index in [1.807, 2.05) is 0 Å². The molecule has 0 bridgehead atoms. The number of benzene rings is 1. The summed E-state index contributed by atoms with van der Waals surface area (Å²) in [5.74, 6) is -0.210. The van der Waals surface area contributed by atoms with Gasteiger partial charge in [0.05, 0.1) is 0 Å². The molecule has 1 nitrogen and oxygen atoms in total. The van der Waals surface area contributed by atoms with Crippen molar-refractivity contribution in [3.8, 4) is 0 Å². The molecular weight excluding hydrogens is 172 g/mol. The van der Waals surface area contributed by atoms with Gasteiger partial charge in [0, 0.05) is 0 Å². The Morgan fingerprint density at radius 3 is 2.77 bits per heavy atom. The van der Waals surface area contributed by atoms with Crippen LogP contribution in [0.1, 0.15) is 17.9 Å². The lowest BCUT2D eigenvalue weighted by Gasteiger charge is -2.01. The summed E-state index contributed by atoms with van der Waals surface area (Å²) in [6.45, 7) is 0.556. The van der Waals surface area contributed by atoms with Gasteiger partial charge in [-0.05, 0) is 48.6 Å². The molecule has 1 aliphatic carbocycles. The van der Waals surface area contributed by atoms with Crippen LogP contribution in [-0.2, 0) is 0 Å². The standard InChI is InChI=1S/C10H11F2N/c11-7-1-2-10(12)9(4-7)8-3-6(8)5-13/h1-2,4,6,8H,3,5,13H2/t6-,8+/m0/s1. The Balaban J connectivity index is 2.25. The third-order valence-corrected chi connectivity index (χ3v) is 2.58. The Morgan fingerprint density at radius 2 is 2.15 bits per heavy atom. The first-order chi connectivity index (χ1) is 6.22. The molecule has 0 saturated heterocycles. The van der Waals surface area contributed by atoms with Crippen molar-refractivity contribution >= 4 is 0 Å². The number of nitrogens with two attached hydrogens (primary N) is 1. The number of hydrogen-bond acceptors (Lipinski definition) is 1. The van der Waals surface area contributed by atoms with E-state index < -0.39 is 0 Å². The fourth-order valence-corrected chi connectivity index (χ4v) is 1.69. The van der Waals surface area contributed by atoms with E-state index in [1.165, 1.54) is 12.1 Å². The highest BCUT2D eigenvalue weighted by atomic mass is 19.1. The lowest BCUT2D eigenvalue weighted by atomic mass is 10.1. The van der Waals surface area contributed by atoms with E-state index in [-0.39, 0.29) is 17.6 Å². The second kappa shape index (κ2) is 3.07. The second-order valence-electron chi connectivity index (χ2n) is 3.50. The van der Waals surface area contributed by atoms with Crippen molar-refractivity contribution in [1.82, 2.24) is 0 Å². The number of rotatable bonds is 2. The van der Waals surface area contributed by atoms with Gasteiger partial charge >= 0.3 is 0 Å². The minimum atomic E-state index is -0.376. The van der Waals surface area contributed by atoms with Crippen molar-refractivity contribution in [3.63, 3.8) is 0 Å². The Morgan fingerprint density at radius 1 is 1.38 bits per heavy atom. The van der Waals surface area contributed by atoms with Crippen LogP contribution in [0, 0.1) is 17.6 Å². The van der Waals surface area contributed by atoms with E-state index in [0.29, 0.717) is 18.0 Å². The van der Waals surface area contributed by atoms with Gasteiger partial charge < -0.3 is 5.73 Å². The van der Waals surface area contributed by atoms with Gasteiger partial charge in [-0.15, -0.1) is 0 Å². The highest BCUT2D eigenvalue weighted by Crippen LogP contribution is 2.47. The van der Waals surface area contributed by atoms with Crippen molar-refractivity contribution in [2.24, 2.45) is 11.7 Å². The molecule has 2 atom stereocenters. The highest BCUT2D eigenvalue weighted by molar-refractivity contribution is 5.28. The Labute approximate surface area is 75.6 Å². The molecule has 13 heavy (non-hydrogen) atoms. The molecule has 70 valence electrons. The van der Waals surface area contributed by atoms with Crippen molar-refractivity contribution in [2.45, 2.75) is 12.3 Å². The maximum absolute atomic E-state index is 13.2. The monoisotopic (exact) mass is 183 g/mol. The summed E-state index contributed by atoms with van der Waals surface area (Å²) in [6, 6.07) is 3.59. The summed E-state index contributed by atoms with van der Waals surface area (Å²) in [4.78, 5) is 0. The van der Waals surface area contributed by atoms with E-state index in [1.54, 1.807) is 0 Å². The van der Waals surface area contributed by atoms with Crippen LogP contribution in [0.5, 0.6) is 0 Å². The Bertz CT molecular complexity index is 325. The fraction of sp³-hybridized carbons (Fsp3) is 0.400. The highest BCUT2D eigenvalue weighted by Gasteiger charge is 2.38. The minimum Gasteiger partial charge on any atom is -0.330 e. The van der Waals surface area contributed by atoms with Gasteiger partial charge in [-0.2, -0.15) is 0 Å². The average molecular weight is 183 g/mol. The number of hydrogen-bond donors (Lipinski definition) is 1. The van der Waals surface area contributed by atoms with Crippen LogP contribution >= 0.6 is 0 Å². The first-order valence-corrected chi connectivity index (χ1v) is 4.37. The first kappa shape index (κ1) is 8.63. The number of halogens is 2. The smallest absolute Gasteiger partial charge is 0.126 e. The van der Waals surface area contributed by atoms with Gasteiger partial charge in [0.1, 0.15) is 11.6 Å². The SMILES string of the molecule is NC[C@@H]1C[C@H]1c1cc(F)ccc1F. The van der Waals surface area contributed by atoms with Crippen LogP contribution in [0.25, 0.3) is 0 Å². The van der Waals surface area contributed by atoms with Crippen LogP contribution in [0.2, 0.25) is 0 Å². The molecule has 1 aromatic rings. The normalized spacial score (nSPS) is 26.1. The molecule has 2 rings (SSSR count). The molecule has 1 fully saturated rings. The van der Waals surface area contributed by atoms with Gasteiger partial charge in [0.25, 0.3) is 0 Å². The van der Waals surface area contributed by atoms with E-state index in [0.717, 1.165) is 12.5 Å². The third kappa shape index (κ3) is 1.56. The van der Waals surface area contributed by atoms with Crippen LogP contribution in [-0.4, -0.2) is 6.54 Å². The summed E-state index contributed by atoms with van der Waals surface area (Å²) in [7, 11) is 0. The van der Waals surface area contributed by atoms with E-state index in [9.17, 15) is 8.78 Å². The molecule has 0 amide bonds. The molecule has 1 aromatic carbocycles. The molecule has 0 heterocycles. The predicted molar refractivity (Wildman–Crippen MR) is 46.3 cm³/mol. The Kier molecular flexibility index (Phi) is 2.04. The quantitative estimate of drug-likeness (QED) is 0.745. The fourth-order valence-electron chi connectivity index (χ4n) is 1.69. The maximum atomic E-state index is 13.2. The zero-order valence-corrected chi connectivity index (χ0v) is 7.13. The zero-order valence-electron chi connectivity index (χ0n) is 7.13. The van der Waals surface area contributed by atoms with Crippen molar-refractivity contribution in [1.29, 1.82) is 0 Å². The third-order valence-electron chi connectivity index (χ3n) is 2.58. The van der Waals surface area contributed by atoms with E-state index in [2.05, 4.69) is 0 Å².